The van der Waals surface area contributed by atoms with E-state index in [1.165, 1.54) is 173 Å². The van der Waals surface area contributed by atoms with Crippen molar-refractivity contribution in [3.05, 3.63) is 134 Å². The summed E-state index contributed by atoms with van der Waals surface area (Å²) >= 11 is 0. The van der Waals surface area contributed by atoms with Crippen molar-refractivity contribution in [1.82, 2.24) is 5.32 Å². The van der Waals surface area contributed by atoms with Crippen LogP contribution in [0.25, 0.3) is 0 Å². The van der Waals surface area contributed by atoms with E-state index >= 15 is 0 Å². The second kappa shape index (κ2) is 69.3. The number of allylic oxidation sites excluding steroid dienone is 21. The lowest BCUT2D eigenvalue weighted by Crippen LogP contribution is -2.66. The first kappa shape index (κ1) is 100. The molecule has 0 radical (unpaired) electrons. The van der Waals surface area contributed by atoms with Crippen LogP contribution in [-0.4, -0.2) is 193 Å². The Bertz CT molecular complexity index is 2510. The number of carbonyl (C=O) groups excluding carboxylic acids is 1. The first-order valence-corrected chi connectivity index (χ1v) is 43.4. The van der Waals surface area contributed by atoms with Gasteiger partial charge in [-0.3, -0.25) is 4.79 Å². The summed E-state index contributed by atoms with van der Waals surface area (Å²) in [5.41, 5.74) is 0. The van der Waals surface area contributed by atoms with Crippen LogP contribution in [0.15, 0.2) is 134 Å². The number of ether oxygens (including phenoxy) is 6. The third-order valence-corrected chi connectivity index (χ3v) is 20.7. The summed E-state index contributed by atoms with van der Waals surface area (Å²) in [4.78, 5) is 13.5. The van der Waals surface area contributed by atoms with Crippen LogP contribution in [0.2, 0.25) is 0 Å². The predicted molar refractivity (Wildman–Crippen MR) is 443 cm³/mol. The Labute approximate surface area is 664 Å². The van der Waals surface area contributed by atoms with Gasteiger partial charge in [-0.2, -0.15) is 0 Å². The van der Waals surface area contributed by atoms with Crippen LogP contribution in [0, 0.1) is 0 Å². The number of nitrogens with one attached hydrogen (secondary N) is 1. The fourth-order valence-electron chi connectivity index (χ4n) is 13.8. The van der Waals surface area contributed by atoms with Crippen molar-refractivity contribution < 1.29 is 89.4 Å². The topological polar surface area (TPSA) is 307 Å². The van der Waals surface area contributed by atoms with Crippen LogP contribution >= 0.6 is 0 Å². The van der Waals surface area contributed by atoms with Gasteiger partial charge in [-0.15, -0.1) is 0 Å². The highest BCUT2D eigenvalue weighted by atomic mass is 16.8. The minimum atomic E-state index is -1.99. The molecule has 3 rings (SSSR count). The van der Waals surface area contributed by atoms with E-state index in [4.69, 9.17) is 28.4 Å². The Balaban J connectivity index is 1.38. The van der Waals surface area contributed by atoms with Gasteiger partial charge in [-0.1, -0.05) is 334 Å². The van der Waals surface area contributed by atoms with Gasteiger partial charge in [0.15, 0.2) is 18.9 Å². The quantitative estimate of drug-likeness (QED) is 0.0199. The van der Waals surface area contributed by atoms with Crippen molar-refractivity contribution >= 4 is 5.91 Å². The van der Waals surface area contributed by atoms with Crippen molar-refractivity contribution in [2.45, 2.75) is 407 Å². The lowest BCUT2D eigenvalue weighted by atomic mass is 9.96. The molecule has 632 valence electrons. The maximum Gasteiger partial charge on any atom is 0.220 e. The van der Waals surface area contributed by atoms with Crippen LogP contribution in [-0.2, 0) is 33.2 Å². The molecule has 110 heavy (non-hydrogen) atoms. The van der Waals surface area contributed by atoms with Crippen LogP contribution in [0.3, 0.4) is 0 Å². The van der Waals surface area contributed by atoms with Gasteiger partial charge < -0.3 is 89.9 Å². The minimum absolute atomic E-state index is 0.179. The summed E-state index contributed by atoms with van der Waals surface area (Å²) in [7, 11) is 0. The number of aliphatic hydroxyl groups excluding tert-OH is 11. The maximum absolute atomic E-state index is 13.5. The fraction of sp³-hybridized carbons (Fsp3) is 0.747. The standard InChI is InChI=1S/C91H155NO18/c1-3-5-7-9-11-13-15-17-19-21-23-25-27-29-31-33-35-37-39-41-43-45-47-49-51-53-55-57-59-61-63-65-67-69-79(97)92-74(75(96)68-66-64-62-60-58-56-54-52-50-48-46-44-42-40-38-36-34-32-30-28-26-24-22-20-18-16-14-12-10-8-6-4-2)73-105-89-85(103)82(100)87(77(71-94)107-89)110-91-86(104)83(101)88(78(72-95)108-91)109-90-84(102)81(99)80(98)76(70-93)106-90/h5,7,11,13,17,19,23,25,29,31,35,37,41,43,47,49,53,55,59,61,66,68,74-78,80-91,93-96,98-104H,3-4,6,8-10,12,14-16,18,20-22,24,26-28,30,32-34,36,38-40,42,44-46,48,50-52,54,56-58,60,62-65,67,69-73H2,1-2H3,(H,92,97)/b7-5-,13-11-,19-17-,25-23-,31-29-,37-35-,43-41-,49-47-,55-53-,61-59-,68-66+. The number of rotatable bonds is 68. The van der Waals surface area contributed by atoms with Gasteiger partial charge >= 0.3 is 0 Å². The van der Waals surface area contributed by atoms with Gasteiger partial charge in [-0.25, -0.2) is 0 Å². The van der Waals surface area contributed by atoms with E-state index in [1.54, 1.807) is 6.08 Å². The van der Waals surface area contributed by atoms with Crippen LogP contribution in [0.4, 0.5) is 0 Å². The number of hydrogen-bond acceptors (Lipinski definition) is 18. The highest BCUT2D eigenvalue weighted by Gasteiger charge is 2.54. The average Bonchev–Trinajstić information content (AvgIpc) is 0.780. The van der Waals surface area contributed by atoms with E-state index in [1.807, 2.05) is 6.08 Å². The molecule has 0 aliphatic carbocycles. The Hall–Kier alpha value is -4.07. The molecule has 0 bridgehead atoms. The van der Waals surface area contributed by atoms with Crippen molar-refractivity contribution in [3.8, 4) is 0 Å². The zero-order valence-corrected chi connectivity index (χ0v) is 67.9. The zero-order valence-electron chi connectivity index (χ0n) is 67.9. The van der Waals surface area contributed by atoms with E-state index in [0.717, 1.165) is 103 Å². The number of aliphatic hydroxyl groups is 11. The van der Waals surface area contributed by atoms with E-state index < -0.39 is 124 Å². The monoisotopic (exact) mass is 1550 g/mol. The second-order valence-corrected chi connectivity index (χ2v) is 30.3. The van der Waals surface area contributed by atoms with Crippen LogP contribution in [0.1, 0.15) is 303 Å². The van der Waals surface area contributed by atoms with Crippen molar-refractivity contribution in [1.29, 1.82) is 0 Å². The maximum atomic E-state index is 13.5. The van der Waals surface area contributed by atoms with Gasteiger partial charge in [0.25, 0.3) is 0 Å². The first-order chi connectivity index (χ1) is 53.8. The predicted octanol–water partition coefficient (Wildman–Crippen LogP) is 16.0. The molecule has 3 aliphatic rings. The molecule has 3 aliphatic heterocycles. The molecule has 0 aromatic rings. The Morgan fingerprint density at radius 1 is 0.336 bits per heavy atom. The molecule has 1 amide bonds. The lowest BCUT2D eigenvalue weighted by molar-refractivity contribution is -0.379. The number of hydrogen-bond donors (Lipinski definition) is 12. The second-order valence-electron chi connectivity index (χ2n) is 30.3. The fourth-order valence-corrected chi connectivity index (χ4v) is 13.8. The summed E-state index contributed by atoms with van der Waals surface area (Å²) in [6.45, 7) is 1.61. The molecule has 0 aromatic carbocycles. The minimum Gasteiger partial charge on any atom is -0.394 e. The van der Waals surface area contributed by atoms with E-state index in [0.29, 0.717) is 6.42 Å². The Morgan fingerprint density at radius 3 is 0.982 bits per heavy atom. The van der Waals surface area contributed by atoms with Gasteiger partial charge in [0.2, 0.25) is 5.91 Å². The summed E-state index contributed by atoms with van der Waals surface area (Å²) in [5, 5.41) is 121. The van der Waals surface area contributed by atoms with E-state index in [9.17, 15) is 61.0 Å². The molecule has 3 saturated heterocycles. The molecule has 0 spiro atoms. The highest BCUT2D eigenvalue weighted by Crippen LogP contribution is 2.33. The van der Waals surface area contributed by atoms with Gasteiger partial charge in [-0.05, 0) is 96.3 Å². The number of amides is 1. The van der Waals surface area contributed by atoms with Crippen LogP contribution in [0.5, 0.6) is 0 Å². The summed E-state index contributed by atoms with van der Waals surface area (Å²) in [6, 6.07) is -1.01. The molecular formula is C91H155NO18. The molecule has 17 unspecified atom stereocenters. The number of carbonyl (C=O) groups is 1. The molecule has 19 heteroatoms. The molecule has 3 heterocycles. The van der Waals surface area contributed by atoms with Crippen molar-refractivity contribution in [3.63, 3.8) is 0 Å². The SMILES string of the molecule is CC/C=C\C/C=C\C/C=C\C/C=C\C/C=C\C/C=C\C/C=C\C/C=C\C/C=C\C/C=C\CCCCC(=O)NC(COC1OC(CO)C(OC2OC(CO)C(OC3OC(CO)C(O)C(O)C3O)C(O)C2O)C(O)C1O)C(O)/C=C/CCCCCCCCCCCCCCCCCCCCCCCCCCCCCCCC. The third kappa shape index (κ3) is 47.7. The zero-order chi connectivity index (χ0) is 79.5. The summed E-state index contributed by atoms with van der Waals surface area (Å²) in [6.07, 6.45) is 73.0. The van der Waals surface area contributed by atoms with Crippen molar-refractivity contribution in [2.75, 3.05) is 26.4 Å². The molecule has 17 atom stereocenters. The molecule has 3 fully saturated rings. The van der Waals surface area contributed by atoms with Crippen LogP contribution < -0.4 is 5.32 Å². The van der Waals surface area contributed by atoms with Gasteiger partial charge in [0.1, 0.15) is 73.2 Å². The van der Waals surface area contributed by atoms with E-state index in [2.05, 4.69) is 141 Å². The van der Waals surface area contributed by atoms with Crippen molar-refractivity contribution in [2.24, 2.45) is 0 Å². The smallest absolute Gasteiger partial charge is 0.220 e. The summed E-state index contributed by atoms with van der Waals surface area (Å²) in [5.74, 6) is -0.320. The van der Waals surface area contributed by atoms with Gasteiger partial charge in [0, 0.05) is 6.42 Å². The Kier molecular flexibility index (Phi) is 63.0. The normalized spacial score (nSPS) is 25.8. The first-order valence-electron chi connectivity index (χ1n) is 43.4. The lowest BCUT2D eigenvalue weighted by Gasteiger charge is -2.48. The largest absolute Gasteiger partial charge is 0.394 e. The molecule has 0 saturated carbocycles. The van der Waals surface area contributed by atoms with Gasteiger partial charge in [0.05, 0.1) is 38.6 Å². The Morgan fingerprint density at radius 2 is 0.627 bits per heavy atom. The highest BCUT2D eigenvalue weighted by molar-refractivity contribution is 5.76. The molecule has 19 nitrogen and oxygen atoms in total. The average molecular weight is 1550 g/mol. The molecule has 0 aromatic heterocycles. The molecular weight excluding hydrogens is 1390 g/mol. The number of unbranched alkanes of at least 4 members (excludes halogenated alkanes) is 32. The molecule has 12 N–H and O–H groups in total. The third-order valence-electron chi connectivity index (χ3n) is 20.7. The van der Waals surface area contributed by atoms with E-state index in [-0.39, 0.29) is 18.9 Å². The summed E-state index contributed by atoms with van der Waals surface area (Å²) < 4.78 is 34.5.